The Kier molecular flexibility index (Phi) is 5.29. The van der Waals surface area contributed by atoms with Gasteiger partial charge in [-0.25, -0.2) is 9.97 Å². The minimum Gasteiger partial charge on any atom is -0.369 e. The summed E-state index contributed by atoms with van der Waals surface area (Å²) in [7, 11) is 0. The number of amides is 1. The number of benzene rings is 1. The number of hydrogen-bond donors (Lipinski definition) is 1. The normalized spacial score (nSPS) is 17.1. The lowest BCUT2D eigenvalue weighted by Gasteiger charge is -2.33. The van der Waals surface area contributed by atoms with Crippen LogP contribution in [0.5, 0.6) is 0 Å². The van der Waals surface area contributed by atoms with Crippen molar-refractivity contribution in [1.82, 2.24) is 20.3 Å². The second-order valence-electron chi connectivity index (χ2n) is 6.69. The van der Waals surface area contributed by atoms with Gasteiger partial charge in [0.1, 0.15) is 5.52 Å². The zero-order valence-electron chi connectivity index (χ0n) is 14.8. The van der Waals surface area contributed by atoms with Gasteiger partial charge in [-0.3, -0.25) is 9.78 Å². The van der Waals surface area contributed by atoms with E-state index in [4.69, 9.17) is 0 Å². The summed E-state index contributed by atoms with van der Waals surface area (Å²) in [6, 6.07) is 9.94. The van der Waals surface area contributed by atoms with E-state index in [1.54, 1.807) is 12.4 Å². The van der Waals surface area contributed by atoms with Crippen molar-refractivity contribution < 1.29 is 4.79 Å². The van der Waals surface area contributed by atoms with E-state index in [0.29, 0.717) is 18.7 Å². The molecule has 0 aliphatic carbocycles. The van der Waals surface area contributed by atoms with Gasteiger partial charge in [0.05, 0.1) is 17.8 Å². The largest absolute Gasteiger partial charge is 0.369 e. The maximum absolute atomic E-state index is 12.7. The van der Waals surface area contributed by atoms with E-state index in [1.807, 2.05) is 36.5 Å². The number of nitrogens with zero attached hydrogens (tertiary/aromatic N) is 4. The molecule has 1 N–H and O–H groups in total. The van der Waals surface area contributed by atoms with E-state index < -0.39 is 0 Å². The quantitative estimate of drug-likeness (QED) is 0.693. The molecule has 3 aromatic rings. The van der Waals surface area contributed by atoms with Crippen molar-refractivity contribution in [2.45, 2.75) is 19.4 Å². The third kappa shape index (κ3) is 4.08. The first-order valence-corrected chi connectivity index (χ1v) is 9.83. The van der Waals surface area contributed by atoms with Gasteiger partial charge in [0.2, 0.25) is 5.91 Å². The summed E-state index contributed by atoms with van der Waals surface area (Å²) in [5, 5.41) is 3.08. The highest BCUT2D eigenvalue weighted by Crippen LogP contribution is 2.24. The van der Waals surface area contributed by atoms with Crippen molar-refractivity contribution in [2.24, 2.45) is 5.92 Å². The van der Waals surface area contributed by atoms with Gasteiger partial charge in [0, 0.05) is 36.5 Å². The number of carbonyl (C=O) groups excluding carboxylic acids is 1. The van der Waals surface area contributed by atoms with E-state index in [1.165, 1.54) is 0 Å². The van der Waals surface area contributed by atoms with Crippen LogP contribution in [-0.2, 0) is 11.3 Å². The Morgan fingerprint density at radius 1 is 1.22 bits per heavy atom. The van der Waals surface area contributed by atoms with Crippen molar-refractivity contribution in [3.8, 4) is 0 Å². The van der Waals surface area contributed by atoms with Crippen molar-refractivity contribution in [3.63, 3.8) is 0 Å². The third-order valence-electron chi connectivity index (χ3n) is 4.88. The number of fused-ring (bicyclic) bond motifs is 1. The maximum atomic E-state index is 12.7. The van der Waals surface area contributed by atoms with Gasteiger partial charge in [-0.15, -0.1) is 0 Å². The number of aromatic nitrogens is 3. The summed E-state index contributed by atoms with van der Waals surface area (Å²) in [4.78, 5) is 27.8. The average molecular weight is 426 g/mol. The van der Waals surface area contributed by atoms with Crippen LogP contribution in [0.4, 0.5) is 5.69 Å². The number of carbonyl (C=O) groups is 1. The van der Waals surface area contributed by atoms with E-state index in [2.05, 4.69) is 41.1 Å². The van der Waals surface area contributed by atoms with Gasteiger partial charge in [-0.1, -0.05) is 34.1 Å². The lowest BCUT2D eigenvalue weighted by atomic mass is 9.96. The SMILES string of the molecule is O=C(NCc1ccccc1Br)C1CCCN(c2cnc3nccnc3c2)C1. The van der Waals surface area contributed by atoms with Crippen LogP contribution < -0.4 is 10.2 Å². The summed E-state index contributed by atoms with van der Waals surface area (Å²) in [5.41, 5.74) is 3.48. The number of halogens is 1. The number of rotatable bonds is 4. The van der Waals surface area contributed by atoms with Crippen molar-refractivity contribution in [2.75, 3.05) is 18.0 Å². The van der Waals surface area contributed by atoms with Crippen LogP contribution in [0.3, 0.4) is 0 Å². The van der Waals surface area contributed by atoms with Gasteiger partial charge >= 0.3 is 0 Å². The lowest BCUT2D eigenvalue weighted by molar-refractivity contribution is -0.125. The minimum atomic E-state index is -0.0289. The highest BCUT2D eigenvalue weighted by atomic mass is 79.9. The molecule has 1 aromatic carbocycles. The Morgan fingerprint density at radius 2 is 2.07 bits per heavy atom. The van der Waals surface area contributed by atoms with Crippen LogP contribution in [-0.4, -0.2) is 33.9 Å². The van der Waals surface area contributed by atoms with Crippen LogP contribution in [0.25, 0.3) is 11.2 Å². The molecule has 2 aromatic heterocycles. The van der Waals surface area contributed by atoms with Crippen LogP contribution in [0.2, 0.25) is 0 Å². The fourth-order valence-corrected chi connectivity index (χ4v) is 3.84. The molecule has 1 fully saturated rings. The van der Waals surface area contributed by atoms with Crippen molar-refractivity contribution in [3.05, 3.63) is 59.0 Å². The van der Waals surface area contributed by atoms with E-state index in [9.17, 15) is 4.79 Å². The molecule has 138 valence electrons. The minimum absolute atomic E-state index is 0.0289. The van der Waals surface area contributed by atoms with Gasteiger partial charge in [0.15, 0.2) is 5.65 Å². The molecule has 1 unspecified atom stereocenters. The molecule has 1 saturated heterocycles. The van der Waals surface area contributed by atoms with E-state index in [-0.39, 0.29) is 11.8 Å². The Labute approximate surface area is 166 Å². The fourth-order valence-electron chi connectivity index (χ4n) is 3.41. The maximum Gasteiger partial charge on any atom is 0.225 e. The van der Waals surface area contributed by atoms with Crippen LogP contribution in [0.1, 0.15) is 18.4 Å². The first kappa shape index (κ1) is 17.9. The summed E-state index contributed by atoms with van der Waals surface area (Å²) < 4.78 is 1.01. The molecular weight excluding hydrogens is 406 g/mol. The fraction of sp³-hybridized carbons (Fsp3) is 0.300. The van der Waals surface area contributed by atoms with Gasteiger partial charge in [-0.05, 0) is 30.5 Å². The first-order chi connectivity index (χ1) is 13.2. The zero-order valence-corrected chi connectivity index (χ0v) is 16.4. The van der Waals surface area contributed by atoms with Gasteiger partial charge in [-0.2, -0.15) is 0 Å². The second kappa shape index (κ2) is 8.00. The summed E-state index contributed by atoms with van der Waals surface area (Å²) in [6.45, 7) is 2.14. The smallest absolute Gasteiger partial charge is 0.225 e. The highest BCUT2D eigenvalue weighted by molar-refractivity contribution is 9.10. The molecule has 3 heterocycles. The van der Waals surface area contributed by atoms with Gasteiger partial charge < -0.3 is 10.2 Å². The molecule has 1 aliphatic rings. The molecular formula is C20H20BrN5O. The van der Waals surface area contributed by atoms with Gasteiger partial charge in [0.25, 0.3) is 0 Å². The molecule has 0 saturated carbocycles. The molecule has 1 amide bonds. The second-order valence-corrected chi connectivity index (χ2v) is 7.54. The summed E-state index contributed by atoms with van der Waals surface area (Å²) in [5.74, 6) is 0.0720. The molecule has 0 radical (unpaired) electrons. The Balaban J connectivity index is 1.42. The highest BCUT2D eigenvalue weighted by Gasteiger charge is 2.26. The summed E-state index contributed by atoms with van der Waals surface area (Å²) in [6.07, 6.45) is 7.01. The van der Waals surface area contributed by atoms with Crippen molar-refractivity contribution in [1.29, 1.82) is 0 Å². The third-order valence-corrected chi connectivity index (χ3v) is 5.65. The summed E-state index contributed by atoms with van der Waals surface area (Å²) >= 11 is 3.52. The molecule has 7 heteroatoms. The number of nitrogens with one attached hydrogen (secondary N) is 1. The first-order valence-electron chi connectivity index (χ1n) is 9.03. The zero-order chi connectivity index (χ0) is 18.6. The molecule has 4 rings (SSSR count). The topological polar surface area (TPSA) is 71.0 Å². The molecule has 0 spiro atoms. The lowest BCUT2D eigenvalue weighted by Crippen LogP contribution is -2.43. The number of pyridine rings is 1. The molecule has 6 nitrogen and oxygen atoms in total. The predicted molar refractivity (Wildman–Crippen MR) is 108 cm³/mol. The predicted octanol–water partition coefficient (Wildman–Crippen LogP) is 3.32. The standard InChI is InChI=1S/C20H20BrN5O/c21-17-6-2-1-4-14(17)11-25-20(27)15-5-3-9-26(13-15)16-10-18-19(24-12-16)23-8-7-22-18/h1-2,4,6-8,10,12,15H,3,5,9,11,13H2,(H,25,27). The van der Waals surface area contributed by atoms with E-state index >= 15 is 0 Å². The number of hydrogen-bond acceptors (Lipinski definition) is 5. The van der Waals surface area contributed by atoms with E-state index in [0.717, 1.165) is 40.6 Å². The Hall–Kier alpha value is -2.54. The van der Waals surface area contributed by atoms with Crippen molar-refractivity contribution >= 4 is 38.7 Å². The molecule has 1 aliphatic heterocycles. The molecule has 1 atom stereocenters. The van der Waals surface area contributed by atoms with Crippen LogP contribution in [0.15, 0.2) is 53.4 Å². The monoisotopic (exact) mass is 425 g/mol. The molecule has 0 bridgehead atoms. The number of piperidine rings is 1. The van der Waals surface area contributed by atoms with Crippen LogP contribution >= 0.6 is 15.9 Å². The Morgan fingerprint density at radius 3 is 2.96 bits per heavy atom. The van der Waals surface area contributed by atoms with Crippen LogP contribution in [0, 0.1) is 5.92 Å². The average Bonchev–Trinajstić information content (AvgIpc) is 2.72. The number of anilines is 1. The Bertz CT molecular complexity index is 964. The molecule has 27 heavy (non-hydrogen) atoms.